The molecule has 7 heteroatoms. The van der Waals surface area contributed by atoms with Crippen LogP contribution in [-0.4, -0.2) is 43.3 Å². The number of rotatable bonds is 7. The first kappa shape index (κ1) is 25.3. The fourth-order valence-corrected chi connectivity index (χ4v) is 6.24. The molecule has 2 aromatic rings. The molecule has 194 valence electrons. The number of benzene rings is 2. The zero-order valence-corrected chi connectivity index (χ0v) is 22.2. The van der Waals surface area contributed by atoms with Crippen molar-refractivity contribution in [1.82, 2.24) is 10.2 Å². The highest BCUT2D eigenvalue weighted by Gasteiger charge is 2.42. The molecule has 3 saturated heterocycles. The summed E-state index contributed by atoms with van der Waals surface area (Å²) in [5, 5.41) is 3.55. The molecule has 1 amide bonds. The van der Waals surface area contributed by atoms with Crippen molar-refractivity contribution >= 4 is 17.7 Å². The average molecular weight is 515 g/mol. The van der Waals surface area contributed by atoms with Gasteiger partial charge >= 0.3 is 6.09 Å². The summed E-state index contributed by atoms with van der Waals surface area (Å²) in [6.07, 6.45) is 4.42. The second-order valence-corrected chi connectivity index (χ2v) is 11.6. The molecule has 2 aromatic carbocycles. The Hall–Kier alpha value is -2.31. The van der Waals surface area contributed by atoms with Gasteiger partial charge < -0.3 is 14.8 Å². The lowest BCUT2D eigenvalue weighted by atomic mass is 9.85. The third-order valence-corrected chi connectivity index (χ3v) is 8.38. The number of carbonyl (C=O) groups is 1. The van der Waals surface area contributed by atoms with Crippen molar-refractivity contribution in [2.75, 3.05) is 26.2 Å². The third kappa shape index (κ3) is 5.08. The van der Waals surface area contributed by atoms with Gasteiger partial charge in [-0.3, -0.25) is 4.90 Å². The minimum Gasteiger partial charge on any atom is -0.492 e. The largest absolute Gasteiger partial charge is 0.492 e. The van der Waals surface area contributed by atoms with Crippen LogP contribution in [0.2, 0.25) is 5.02 Å². The Morgan fingerprint density at radius 2 is 2.00 bits per heavy atom. The third-order valence-electron chi connectivity index (χ3n) is 8.08. The number of hydrogen-bond acceptors (Lipinski definition) is 4. The predicted octanol–water partition coefficient (Wildman–Crippen LogP) is 6.77. The Balaban J connectivity index is 1.33. The molecule has 6 rings (SSSR count). The first-order valence-electron chi connectivity index (χ1n) is 13.2. The molecular weight excluding hydrogens is 479 g/mol. The Kier molecular flexibility index (Phi) is 7.19. The number of ether oxygens (including phenoxy) is 2. The lowest BCUT2D eigenvalue weighted by molar-refractivity contribution is -0.0349. The van der Waals surface area contributed by atoms with E-state index < -0.39 is 6.09 Å². The van der Waals surface area contributed by atoms with Gasteiger partial charge in [0.05, 0.1) is 17.7 Å². The van der Waals surface area contributed by atoms with Gasteiger partial charge in [-0.1, -0.05) is 44.9 Å². The molecule has 0 radical (unpaired) electrons. The molecular formula is C29H36ClFN2O3. The molecule has 0 aromatic heterocycles. The number of amides is 1. The van der Waals surface area contributed by atoms with Crippen molar-refractivity contribution in [3.05, 3.63) is 52.3 Å². The van der Waals surface area contributed by atoms with Crippen molar-refractivity contribution in [3.63, 3.8) is 0 Å². The summed E-state index contributed by atoms with van der Waals surface area (Å²) in [4.78, 5) is 15.3. The van der Waals surface area contributed by atoms with E-state index in [1.807, 2.05) is 12.1 Å². The zero-order chi connectivity index (χ0) is 25.4. The fourth-order valence-electron chi connectivity index (χ4n) is 6.01. The van der Waals surface area contributed by atoms with Crippen LogP contribution in [0.3, 0.4) is 0 Å². The molecule has 4 aliphatic rings. The van der Waals surface area contributed by atoms with Gasteiger partial charge in [0, 0.05) is 12.1 Å². The van der Waals surface area contributed by atoms with Crippen molar-refractivity contribution < 1.29 is 18.7 Å². The number of nitrogens with zero attached hydrogens (tertiary/aromatic N) is 1. The number of halogens is 2. The number of alkyl carbamates (subject to hydrolysis) is 1. The van der Waals surface area contributed by atoms with Crippen LogP contribution in [0.1, 0.15) is 63.6 Å². The maximum Gasteiger partial charge on any atom is 0.407 e. The summed E-state index contributed by atoms with van der Waals surface area (Å²) in [7, 11) is 0. The number of nitrogens with one attached hydrogen (secondary N) is 1. The molecule has 0 saturated carbocycles. The Bertz CT molecular complexity index is 1130. The summed E-state index contributed by atoms with van der Waals surface area (Å²) >= 11 is 6.45. The maximum atomic E-state index is 15.4. The summed E-state index contributed by atoms with van der Waals surface area (Å²) in [6.45, 7) is 9.91. The van der Waals surface area contributed by atoms with Crippen LogP contribution in [0.5, 0.6) is 5.75 Å². The highest BCUT2D eigenvalue weighted by molar-refractivity contribution is 6.32. The molecule has 3 fully saturated rings. The lowest BCUT2D eigenvalue weighted by Crippen LogP contribution is -2.53. The van der Waals surface area contributed by atoms with Gasteiger partial charge in [-0.05, 0) is 91.1 Å². The Labute approximate surface area is 218 Å². The molecule has 5 nitrogen and oxygen atoms in total. The van der Waals surface area contributed by atoms with E-state index >= 15 is 4.39 Å². The minimum atomic E-state index is -0.408. The number of piperidine rings is 3. The van der Waals surface area contributed by atoms with Gasteiger partial charge in [-0.15, -0.1) is 0 Å². The molecule has 0 unspecified atom stereocenters. The van der Waals surface area contributed by atoms with Crippen molar-refractivity contribution in [3.8, 4) is 16.9 Å². The number of fused-ring (bicyclic) bond motifs is 4. The SMILES string of the molecule is CCCCOc1ccc(-c2cc3c(cc2F)[C@H](NC(=O)O[C@@H]2CN4CCC2CC4)C(C)(C)C3)cc1Cl. The summed E-state index contributed by atoms with van der Waals surface area (Å²) in [5.74, 6) is 0.724. The summed E-state index contributed by atoms with van der Waals surface area (Å²) < 4.78 is 27.0. The van der Waals surface area contributed by atoms with Crippen LogP contribution >= 0.6 is 11.6 Å². The quantitative estimate of drug-likeness (QED) is 0.414. The molecule has 3 aliphatic heterocycles. The van der Waals surface area contributed by atoms with Gasteiger partial charge in [0.15, 0.2) is 0 Å². The average Bonchev–Trinajstić information content (AvgIpc) is 3.09. The van der Waals surface area contributed by atoms with Gasteiger partial charge in [-0.25, -0.2) is 9.18 Å². The predicted molar refractivity (Wildman–Crippen MR) is 140 cm³/mol. The maximum absolute atomic E-state index is 15.4. The fraction of sp³-hybridized carbons (Fsp3) is 0.552. The van der Waals surface area contributed by atoms with Crippen LogP contribution in [0.4, 0.5) is 9.18 Å². The Morgan fingerprint density at radius 1 is 1.22 bits per heavy atom. The smallest absolute Gasteiger partial charge is 0.407 e. The number of hydrogen-bond donors (Lipinski definition) is 1. The summed E-state index contributed by atoms with van der Waals surface area (Å²) in [5.41, 5.74) is 2.79. The van der Waals surface area contributed by atoms with E-state index in [1.165, 1.54) is 0 Å². The lowest BCUT2D eigenvalue weighted by Gasteiger charge is -2.44. The Morgan fingerprint density at radius 3 is 2.67 bits per heavy atom. The topological polar surface area (TPSA) is 50.8 Å². The molecule has 2 bridgehead atoms. The van der Waals surface area contributed by atoms with E-state index in [1.54, 1.807) is 18.2 Å². The van der Waals surface area contributed by atoms with Crippen LogP contribution in [0.15, 0.2) is 30.3 Å². The van der Waals surface area contributed by atoms with Crippen LogP contribution in [0, 0.1) is 17.2 Å². The van der Waals surface area contributed by atoms with Gasteiger partial charge in [0.1, 0.15) is 17.7 Å². The molecule has 1 N–H and O–H groups in total. The highest BCUT2D eigenvalue weighted by Crippen LogP contribution is 2.47. The first-order chi connectivity index (χ1) is 17.2. The number of unbranched alkanes of at least 4 members (excludes halogenated alkanes) is 1. The second-order valence-electron chi connectivity index (χ2n) is 11.2. The van der Waals surface area contributed by atoms with E-state index in [-0.39, 0.29) is 23.4 Å². The molecule has 3 heterocycles. The van der Waals surface area contributed by atoms with E-state index in [0.29, 0.717) is 34.4 Å². The second kappa shape index (κ2) is 10.2. The van der Waals surface area contributed by atoms with E-state index in [4.69, 9.17) is 21.1 Å². The molecule has 1 aliphatic carbocycles. The minimum absolute atomic E-state index is 0.0609. The summed E-state index contributed by atoms with van der Waals surface area (Å²) in [6, 6.07) is 8.56. The van der Waals surface area contributed by atoms with Crippen molar-refractivity contribution in [1.29, 1.82) is 0 Å². The normalized spacial score (nSPS) is 25.9. The highest BCUT2D eigenvalue weighted by atomic mass is 35.5. The van der Waals surface area contributed by atoms with E-state index in [0.717, 1.165) is 62.9 Å². The van der Waals surface area contributed by atoms with Gasteiger partial charge in [0.25, 0.3) is 0 Å². The first-order valence-corrected chi connectivity index (χ1v) is 13.6. The van der Waals surface area contributed by atoms with Gasteiger partial charge in [-0.2, -0.15) is 0 Å². The monoisotopic (exact) mass is 514 g/mol. The standard InChI is InChI=1S/C29H36ClFN2O3/c1-4-5-12-35-25-7-6-19(14-23(25)30)21-13-20-16-29(2,3)27(22(20)15-24(21)31)32-28(34)36-26-17-33-10-8-18(26)9-11-33/h6-7,13-15,18,26-27H,4-5,8-12,16-17H2,1-3H3,(H,32,34)/t26-,27+/m1/s1. The van der Waals surface area contributed by atoms with Crippen LogP contribution < -0.4 is 10.1 Å². The molecule has 0 spiro atoms. The van der Waals surface area contributed by atoms with Crippen LogP contribution in [0.25, 0.3) is 11.1 Å². The molecule has 2 atom stereocenters. The molecule has 36 heavy (non-hydrogen) atoms. The van der Waals surface area contributed by atoms with Crippen molar-refractivity contribution in [2.24, 2.45) is 11.3 Å². The number of carbonyl (C=O) groups excluding carboxylic acids is 1. The van der Waals surface area contributed by atoms with E-state index in [2.05, 4.69) is 31.0 Å². The van der Waals surface area contributed by atoms with E-state index in [9.17, 15) is 4.79 Å². The van der Waals surface area contributed by atoms with Crippen LogP contribution in [-0.2, 0) is 11.2 Å². The van der Waals surface area contributed by atoms with Gasteiger partial charge in [0.2, 0.25) is 0 Å². The zero-order valence-electron chi connectivity index (χ0n) is 21.4. The van der Waals surface area contributed by atoms with Crippen molar-refractivity contribution in [2.45, 2.75) is 65.0 Å².